The van der Waals surface area contributed by atoms with Crippen LogP contribution in [0.4, 0.5) is 0 Å². The molecule has 6 nitrogen and oxygen atoms in total. The van der Waals surface area contributed by atoms with Gasteiger partial charge in [0.15, 0.2) is 0 Å². The predicted molar refractivity (Wildman–Crippen MR) is 121 cm³/mol. The van der Waals surface area contributed by atoms with Crippen LogP contribution in [0.2, 0.25) is 0 Å². The first-order valence-corrected chi connectivity index (χ1v) is 10.5. The Balaban J connectivity index is 1.43. The van der Waals surface area contributed by atoms with E-state index in [1.165, 1.54) is 5.56 Å². The summed E-state index contributed by atoms with van der Waals surface area (Å²) in [4.78, 5) is 21.1. The number of para-hydroxylation sites is 2. The molecule has 2 aromatic heterocycles. The van der Waals surface area contributed by atoms with E-state index >= 15 is 0 Å². The molecule has 1 amide bonds. The van der Waals surface area contributed by atoms with Crippen LogP contribution < -0.4 is 10.1 Å². The third kappa shape index (κ3) is 4.91. The second-order valence-electron chi connectivity index (χ2n) is 7.51. The van der Waals surface area contributed by atoms with Crippen LogP contribution in [-0.2, 0) is 13.0 Å². The third-order valence-corrected chi connectivity index (χ3v) is 5.17. The minimum atomic E-state index is -0.179. The molecule has 0 saturated carbocycles. The molecule has 0 aliphatic carbocycles. The van der Waals surface area contributed by atoms with Crippen LogP contribution in [0.25, 0.3) is 11.0 Å². The fourth-order valence-electron chi connectivity index (χ4n) is 3.65. The topological polar surface area (TPSA) is 69.0 Å². The maximum absolute atomic E-state index is 12.3. The van der Waals surface area contributed by atoms with Gasteiger partial charge in [-0.25, -0.2) is 4.98 Å². The normalized spacial score (nSPS) is 10.9. The highest BCUT2D eigenvalue weighted by molar-refractivity contribution is 5.92. The number of pyridine rings is 1. The molecule has 0 unspecified atom stereocenters. The molecule has 2 heterocycles. The summed E-state index contributed by atoms with van der Waals surface area (Å²) in [6.07, 6.45) is 2.24. The number of aryl methyl sites for hydroxylation is 2. The van der Waals surface area contributed by atoms with Crippen molar-refractivity contribution in [3.8, 4) is 5.75 Å². The number of carbonyl (C=O) groups excluding carboxylic acids is 1. The van der Waals surface area contributed by atoms with Crippen molar-refractivity contribution < 1.29 is 9.53 Å². The van der Waals surface area contributed by atoms with Gasteiger partial charge in [-0.2, -0.15) is 0 Å². The van der Waals surface area contributed by atoms with E-state index in [-0.39, 0.29) is 5.91 Å². The summed E-state index contributed by atoms with van der Waals surface area (Å²) in [6, 6.07) is 19.6. The summed E-state index contributed by atoms with van der Waals surface area (Å²) in [5.41, 5.74) is 4.78. The quantitative estimate of drug-likeness (QED) is 0.471. The van der Waals surface area contributed by atoms with Gasteiger partial charge < -0.3 is 14.6 Å². The molecular formula is C25H26N4O2. The van der Waals surface area contributed by atoms with Crippen LogP contribution in [0, 0.1) is 13.8 Å². The van der Waals surface area contributed by atoms with Gasteiger partial charge in [0.25, 0.3) is 5.91 Å². The predicted octanol–water partition coefficient (Wildman–Crippen LogP) is 4.10. The van der Waals surface area contributed by atoms with E-state index in [2.05, 4.69) is 46.9 Å². The van der Waals surface area contributed by atoms with Crippen molar-refractivity contribution in [2.75, 3.05) is 13.2 Å². The van der Waals surface area contributed by atoms with E-state index < -0.39 is 0 Å². The molecule has 0 bridgehead atoms. The molecule has 1 N–H and O–H groups in total. The first kappa shape index (κ1) is 20.6. The minimum Gasteiger partial charge on any atom is -0.491 e. The molecule has 4 aromatic rings. The number of amides is 1. The van der Waals surface area contributed by atoms with Gasteiger partial charge in [-0.15, -0.1) is 0 Å². The average molecular weight is 415 g/mol. The Morgan fingerprint density at radius 2 is 1.90 bits per heavy atom. The van der Waals surface area contributed by atoms with Gasteiger partial charge in [-0.1, -0.05) is 35.9 Å². The number of benzene rings is 2. The molecule has 2 aromatic carbocycles. The van der Waals surface area contributed by atoms with Gasteiger partial charge in [0.2, 0.25) is 0 Å². The van der Waals surface area contributed by atoms with Gasteiger partial charge in [0, 0.05) is 19.2 Å². The van der Waals surface area contributed by atoms with Crippen LogP contribution in [0.15, 0.2) is 66.9 Å². The van der Waals surface area contributed by atoms with Crippen molar-refractivity contribution in [1.82, 2.24) is 19.9 Å². The fourth-order valence-corrected chi connectivity index (χ4v) is 3.65. The third-order valence-electron chi connectivity index (χ3n) is 5.17. The van der Waals surface area contributed by atoms with Crippen LogP contribution in [0.1, 0.15) is 27.4 Å². The number of hydrogen-bond acceptors (Lipinski definition) is 4. The molecule has 0 aliphatic rings. The summed E-state index contributed by atoms with van der Waals surface area (Å²) >= 11 is 0. The van der Waals surface area contributed by atoms with E-state index in [9.17, 15) is 4.79 Å². The highest BCUT2D eigenvalue weighted by Gasteiger charge is 2.12. The lowest BCUT2D eigenvalue weighted by Crippen LogP contribution is -2.27. The number of nitrogens with one attached hydrogen (secondary N) is 1. The van der Waals surface area contributed by atoms with E-state index in [4.69, 9.17) is 9.72 Å². The Morgan fingerprint density at radius 3 is 2.71 bits per heavy atom. The first-order valence-electron chi connectivity index (χ1n) is 10.5. The summed E-state index contributed by atoms with van der Waals surface area (Å²) in [5, 5.41) is 2.93. The zero-order chi connectivity index (χ0) is 21.6. The number of imidazole rings is 1. The van der Waals surface area contributed by atoms with Gasteiger partial charge in [0.1, 0.15) is 23.9 Å². The molecule has 0 atom stereocenters. The maximum atomic E-state index is 12.3. The van der Waals surface area contributed by atoms with Gasteiger partial charge in [-0.3, -0.25) is 9.78 Å². The highest BCUT2D eigenvalue weighted by atomic mass is 16.5. The van der Waals surface area contributed by atoms with Crippen molar-refractivity contribution in [2.45, 2.75) is 26.8 Å². The van der Waals surface area contributed by atoms with Crippen molar-refractivity contribution in [3.63, 3.8) is 0 Å². The summed E-state index contributed by atoms with van der Waals surface area (Å²) in [7, 11) is 0. The van der Waals surface area contributed by atoms with E-state index in [1.54, 1.807) is 24.4 Å². The number of ether oxygens (including phenoxy) is 1. The number of nitrogens with zero attached hydrogens (tertiary/aromatic N) is 3. The lowest BCUT2D eigenvalue weighted by molar-refractivity contribution is 0.0949. The van der Waals surface area contributed by atoms with Crippen LogP contribution in [0.5, 0.6) is 5.75 Å². The van der Waals surface area contributed by atoms with Crippen molar-refractivity contribution >= 4 is 16.9 Å². The van der Waals surface area contributed by atoms with Gasteiger partial charge in [0.05, 0.1) is 17.6 Å². The van der Waals surface area contributed by atoms with E-state index in [0.29, 0.717) is 31.8 Å². The summed E-state index contributed by atoms with van der Waals surface area (Å²) < 4.78 is 8.22. The molecule has 0 aliphatic heterocycles. The molecule has 0 radical (unpaired) electrons. The zero-order valence-electron chi connectivity index (χ0n) is 17.8. The average Bonchev–Trinajstić information content (AvgIpc) is 3.13. The van der Waals surface area contributed by atoms with Crippen molar-refractivity contribution in [3.05, 3.63) is 89.5 Å². The van der Waals surface area contributed by atoms with Crippen LogP contribution >= 0.6 is 0 Å². The zero-order valence-corrected chi connectivity index (χ0v) is 17.8. The molecule has 0 fully saturated rings. The fraction of sp³-hybridized carbons (Fsp3) is 0.240. The smallest absolute Gasteiger partial charge is 0.269 e. The standard InChI is InChI=1S/C25H26N4O2/c1-18-10-11-23(19(2)17-18)31-16-15-29-22-9-4-3-7-20(22)28-24(29)12-14-27-25(30)21-8-5-6-13-26-21/h3-11,13,17H,12,14-16H2,1-2H3,(H,27,30). The number of fused-ring (bicyclic) bond motifs is 1. The number of carbonyl (C=O) groups is 1. The van der Waals surface area contributed by atoms with Crippen LogP contribution in [0.3, 0.4) is 0 Å². The van der Waals surface area contributed by atoms with Crippen molar-refractivity contribution in [1.29, 1.82) is 0 Å². The number of hydrogen-bond donors (Lipinski definition) is 1. The second kappa shape index (κ2) is 9.43. The molecule has 0 saturated heterocycles. The lowest BCUT2D eigenvalue weighted by Gasteiger charge is -2.13. The second-order valence-corrected chi connectivity index (χ2v) is 7.51. The largest absolute Gasteiger partial charge is 0.491 e. The van der Waals surface area contributed by atoms with Gasteiger partial charge in [-0.05, 0) is 49.7 Å². The van der Waals surface area contributed by atoms with Crippen LogP contribution in [-0.4, -0.2) is 33.6 Å². The molecule has 4 rings (SSSR count). The summed E-state index contributed by atoms with van der Waals surface area (Å²) in [6.45, 7) is 5.84. The Kier molecular flexibility index (Phi) is 6.26. The first-order chi connectivity index (χ1) is 15.1. The Labute approximate surface area is 181 Å². The lowest BCUT2D eigenvalue weighted by atomic mass is 10.1. The Bertz CT molecular complexity index is 1180. The molecule has 158 valence electrons. The number of aromatic nitrogens is 3. The minimum absolute atomic E-state index is 0.179. The van der Waals surface area contributed by atoms with E-state index in [0.717, 1.165) is 28.2 Å². The molecule has 0 spiro atoms. The van der Waals surface area contributed by atoms with Crippen molar-refractivity contribution in [2.24, 2.45) is 0 Å². The van der Waals surface area contributed by atoms with Gasteiger partial charge >= 0.3 is 0 Å². The number of rotatable bonds is 8. The molecular weight excluding hydrogens is 388 g/mol. The summed E-state index contributed by atoms with van der Waals surface area (Å²) in [5.74, 6) is 1.65. The SMILES string of the molecule is Cc1ccc(OCCn2c(CCNC(=O)c3ccccn3)nc3ccccc32)c(C)c1. The monoisotopic (exact) mass is 414 g/mol. The maximum Gasteiger partial charge on any atom is 0.269 e. The Morgan fingerprint density at radius 1 is 1.06 bits per heavy atom. The van der Waals surface area contributed by atoms with E-state index in [1.807, 2.05) is 24.3 Å². The Hall–Kier alpha value is -3.67. The molecule has 31 heavy (non-hydrogen) atoms. The highest BCUT2D eigenvalue weighted by Crippen LogP contribution is 2.20. The molecule has 6 heteroatoms.